The normalized spacial score (nSPS) is 26.8. The second kappa shape index (κ2) is 6.81. The molecule has 2 atom stereocenters. The maximum Gasteiger partial charge on any atom is 1.00 e. The van der Waals surface area contributed by atoms with Crippen molar-refractivity contribution in [2.24, 2.45) is 0 Å². The van der Waals surface area contributed by atoms with Crippen LogP contribution in [0.15, 0.2) is 30.3 Å². The molecule has 2 unspecified atom stereocenters. The number of hydrogen-bond acceptors (Lipinski definition) is 2. The van der Waals surface area contributed by atoms with E-state index in [4.69, 9.17) is 0 Å². The molecule has 2 nitrogen and oxygen atoms in total. The van der Waals surface area contributed by atoms with Crippen LogP contribution in [0.4, 0.5) is 12.9 Å². The van der Waals surface area contributed by atoms with E-state index in [0.29, 0.717) is 12.6 Å². The van der Waals surface area contributed by atoms with Crippen molar-refractivity contribution >= 4 is 6.98 Å². The van der Waals surface area contributed by atoms with Crippen molar-refractivity contribution in [3.05, 3.63) is 35.9 Å². The zero-order valence-electron chi connectivity index (χ0n) is 11.7. The maximum absolute atomic E-state index is 12.5. The van der Waals surface area contributed by atoms with Crippen LogP contribution in [0.2, 0.25) is 0 Å². The predicted molar refractivity (Wildman–Crippen MR) is 69.7 cm³/mol. The number of likely N-dealkylation sites (tertiary alicyclic amines) is 2. The first-order valence-electron chi connectivity index (χ1n) is 6.74. The summed E-state index contributed by atoms with van der Waals surface area (Å²) in [6.45, 7) is -2.50. The Labute approximate surface area is 160 Å². The van der Waals surface area contributed by atoms with Crippen LogP contribution >= 0.6 is 0 Å². The zero-order valence-corrected chi connectivity index (χ0v) is 14.8. The molecular formula is C13H17BF3KN2. The zero-order chi connectivity index (χ0) is 13.5. The van der Waals surface area contributed by atoms with Crippen molar-refractivity contribution in [3.63, 3.8) is 0 Å². The molecule has 7 heteroatoms. The Morgan fingerprint density at radius 1 is 1.00 bits per heavy atom. The van der Waals surface area contributed by atoms with Gasteiger partial charge in [-0.2, -0.15) is 0 Å². The van der Waals surface area contributed by atoms with Gasteiger partial charge in [-0.3, -0.25) is 4.90 Å². The van der Waals surface area contributed by atoms with Gasteiger partial charge in [-0.15, -0.1) is 0 Å². The van der Waals surface area contributed by atoms with Gasteiger partial charge in [-0.05, 0) is 18.4 Å². The number of fused-ring (bicyclic) bond motifs is 2. The molecule has 2 fully saturated rings. The smallest absolute Gasteiger partial charge is 0.448 e. The first-order chi connectivity index (χ1) is 9.01. The molecule has 1 aromatic rings. The van der Waals surface area contributed by atoms with E-state index in [1.165, 1.54) is 5.56 Å². The molecule has 0 N–H and O–H groups in total. The van der Waals surface area contributed by atoms with Crippen LogP contribution in [0.5, 0.6) is 0 Å². The van der Waals surface area contributed by atoms with Gasteiger partial charge in [0.1, 0.15) is 0 Å². The minimum Gasteiger partial charge on any atom is -0.448 e. The molecule has 0 amide bonds. The van der Waals surface area contributed by atoms with Gasteiger partial charge in [0.2, 0.25) is 0 Å². The van der Waals surface area contributed by atoms with E-state index in [1.54, 1.807) is 4.90 Å². The van der Waals surface area contributed by atoms with Gasteiger partial charge in [0.15, 0.2) is 0 Å². The predicted octanol–water partition coefficient (Wildman–Crippen LogP) is -0.664. The van der Waals surface area contributed by atoms with E-state index in [9.17, 15) is 12.9 Å². The van der Waals surface area contributed by atoms with E-state index >= 15 is 0 Å². The average Bonchev–Trinajstić information content (AvgIpc) is 2.87. The number of piperazine rings is 1. The Kier molecular flexibility index (Phi) is 5.79. The molecule has 2 heterocycles. The molecule has 0 spiro atoms. The van der Waals surface area contributed by atoms with Gasteiger partial charge in [0, 0.05) is 31.7 Å². The van der Waals surface area contributed by atoms with Crippen LogP contribution in [-0.2, 0) is 6.54 Å². The summed E-state index contributed by atoms with van der Waals surface area (Å²) in [5.74, 6) is 0. The number of nitrogens with zero attached hydrogens (tertiary/aromatic N) is 2. The van der Waals surface area contributed by atoms with Crippen molar-refractivity contribution in [3.8, 4) is 0 Å². The fraction of sp³-hybridized carbons (Fsp3) is 0.538. The topological polar surface area (TPSA) is 6.48 Å². The monoisotopic (exact) mass is 308 g/mol. The summed E-state index contributed by atoms with van der Waals surface area (Å²) >= 11 is 0. The van der Waals surface area contributed by atoms with E-state index in [-0.39, 0.29) is 57.4 Å². The standard InChI is InChI=1S/C13H17BF3N2.K/c15-14(16,17)10-19-9-12-6-13(19)8-18(12)7-11-4-2-1-3-5-11;/h1-5,12-13H,6-10H2;/q-1;+1. The van der Waals surface area contributed by atoms with Crippen LogP contribution in [-0.4, -0.2) is 48.4 Å². The molecule has 1 aromatic carbocycles. The van der Waals surface area contributed by atoms with Crippen molar-refractivity contribution in [2.45, 2.75) is 25.0 Å². The van der Waals surface area contributed by atoms with Crippen molar-refractivity contribution < 1.29 is 64.3 Å². The molecule has 2 bridgehead atoms. The molecule has 2 saturated heterocycles. The van der Waals surface area contributed by atoms with E-state index in [2.05, 4.69) is 17.0 Å². The Bertz CT molecular complexity index is 443. The van der Waals surface area contributed by atoms with Crippen molar-refractivity contribution in [1.29, 1.82) is 0 Å². The summed E-state index contributed by atoms with van der Waals surface area (Å²) < 4.78 is 37.4. The molecule has 0 aliphatic carbocycles. The second-order valence-corrected chi connectivity index (χ2v) is 5.62. The SMILES string of the molecule is F[B-](F)(F)CN1CC2CC1CN2Cc1ccccc1.[K+]. The van der Waals surface area contributed by atoms with Crippen molar-refractivity contribution in [1.82, 2.24) is 9.80 Å². The molecule has 0 radical (unpaired) electrons. The molecule has 0 aromatic heterocycles. The number of benzene rings is 1. The first kappa shape index (κ1) is 17.0. The summed E-state index contributed by atoms with van der Waals surface area (Å²) in [6, 6.07) is 10.5. The van der Waals surface area contributed by atoms with Crippen LogP contribution in [0.3, 0.4) is 0 Å². The summed E-state index contributed by atoms with van der Waals surface area (Å²) in [6.07, 6.45) is 0.194. The van der Waals surface area contributed by atoms with Crippen LogP contribution in [0, 0.1) is 0 Å². The van der Waals surface area contributed by atoms with Crippen LogP contribution < -0.4 is 51.4 Å². The summed E-state index contributed by atoms with van der Waals surface area (Å²) in [5.41, 5.74) is 1.24. The van der Waals surface area contributed by atoms with Gasteiger partial charge in [0.25, 0.3) is 0 Å². The third-order valence-corrected chi connectivity index (χ3v) is 4.14. The molecule has 0 saturated carbocycles. The summed E-state index contributed by atoms with van der Waals surface area (Å²) in [7, 11) is 0. The van der Waals surface area contributed by atoms with Gasteiger partial charge in [-0.25, -0.2) is 0 Å². The Balaban J connectivity index is 0.00000147. The van der Waals surface area contributed by atoms with Gasteiger partial charge >= 0.3 is 58.4 Å². The molecule has 104 valence electrons. The largest absolute Gasteiger partial charge is 1.00 e. The molecule has 20 heavy (non-hydrogen) atoms. The van der Waals surface area contributed by atoms with Crippen LogP contribution in [0.25, 0.3) is 0 Å². The third kappa shape index (κ3) is 4.09. The quantitative estimate of drug-likeness (QED) is 0.681. The molecule has 3 rings (SSSR count). The van der Waals surface area contributed by atoms with Crippen molar-refractivity contribution in [2.75, 3.05) is 19.5 Å². The molecular weight excluding hydrogens is 291 g/mol. The van der Waals surface area contributed by atoms with Gasteiger partial charge in [-0.1, -0.05) is 30.3 Å². The third-order valence-electron chi connectivity index (χ3n) is 4.14. The Hall–Kier alpha value is 0.631. The minimum atomic E-state index is -4.69. The van der Waals surface area contributed by atoms with E-state index < -0.39 is 13.4 Å². The Morgan fingerprint density at radius 3 is 2.15 bits per heavy atom. The summed E-state index contributed by atoms with van der Waals surface area (Å²) in [4.78, 5) is 3.94. The van der Waals surface area contributed by atoms with E-state index in [1.807, 2.05) is 18.2 Å². The number of hydrogen-bond donors (Lipinski definition) is 0. The number of halogens is 3. The number of rotatable bonds is 4. The van der Waals surface area contributed by atoms with E-state index in [0.717, 1.165) is 19.5 Å². The minimum absolute atomic E-state index is 0. The Morgan fingerprint density at radius 2 is 1.60 bits per heavy atom. The van der Waals surface area contributed by atoms with Gasteiger partial charge < -0.3 is 17.8 Å². The van der Waals surface area contributed by atoms with Crippen LogP contribution in [0.1, 0.15) is 12.0 Å². The van der Waals surface area contributed by atoms with Gasteiger partial charge in [0.05, 0.1) is 0 Å². The molecule has 2 aliphatic heterocycles. The maximum atomic E-state index is 12.5. The average molecular weight is 308 g/mol. The fourth-order valence-electron chi connectivity index (χ4n) is 3.33. The first-order valence-corrected chi connectivity index (χ1v) is 6.74. The summed E-state index contributed by atoms with van der Waals surface area (Å²) in [5, 5.41) is 0. The second-order valence-electron chi connectivity index (χ2n) is 5.62. The molecule has 2 aliphatic rings. The fourth-order valence-corrected chi connectivity index (χ4v) is 3.33.